The normalized spacial score (nSPS) is 17.9. The molecule has 6 nitrogen and oxygen atoms in total. The number of piperidine rings is 1. The number of Topliss-reactive ketones (excluding diaryl/α,β-unsaturated/α-hetero) is 1. The first-order valence-corrected chi connectivity index (χ1v) is 14.5. The number of aromatic nitrogens is 1. The molecule has 2 fully saturated rings. The number of hydrogen-bond donors (Lipinski definition) is 1. The van der Waals surface area contributed by atoms with E-state index >= 15 is 0 Å². The number of urea groups is 1. The quantitative estimate of drug-likeness (QED) is 0.397. The summed E-state index contributed by atoms with van der Waals surface area (Å²) < 4.78 is 2.19. The largest absolute Gasteiger partial charge is 0.350 e. The predicted octanol–water partition coefficient (Wildman–Crippen LogP) is 7.79. The van der Waals surface area contributed by atoms with Gasteiger partial charge < -0.3 is 14.8 Å². The number of ketones is 1. The summed E-state index contributed by atoms with van der Waals surface area (Å²) in [5.41, 5.74) is 3.42. The van der Waals surface area contributed by atoms with E-state index in [-0.39, 0.29) is 11.9 Å². The minimum atomic E-state index is -0.101. The van der Waals surface area contributed by atoms with Crippen LogP contribution in [0.4, 0.5) is 10.5 Å². The van der Waals surface area contributed by atoms with E-state index in [1.807, 2.05) is 13.0 Å². The number of likely N-dealkylation sites (tertiary alicyclic amines) is 1. The van der Waals surface area contributed by atoms with Crippen LogP contribution >= 0.6 is 0 Å². The molecule has 1 aromatic carbocycles. The molecular formula is C31H46N4O2. The van der Waals surface area contributed by atoms with Gasteiger partial charge in [0.15, 0.2) is 0 Å². The Bertz CT molecular complexity index is 1070. The first kappa shape index (κ1) is 28.8. The van der Waals surface area contributed by atoms with Crippen molar-refractivity contribution in [2.45, 2.75) is 97.3 Å². The number of carbonyl (C=O) groups excluding carboxylic acids is 2. The van der Waals surface area contributed by atoms with Gasteiger partial charge in [0.25, 0.3) is 0 Å². The maximum absolute atomic E-state index is 12.7. The van der Waals surface area contributed by atoms with E-state index in [2.05, 4.69) is 55.2 Å². The van der Waals surface area contributed by atoms with Crippen molar-refractivity contribution in [3.8, 4) is 6.07 Å². The van der Waals surface area contributed by atoms with E-state index in [0.717, 1.165) is 44.3 Å². The lowest BCUT2D eigenvalue weighted by Gasteiger charge is -2.29. The second kappa shape index (κ2) is 14.2. The monoisotopic (exact) mass is 506 g/mol. The highest BCUT2D eigenvalue weighted by Crippen LogP contribution is 2.35. The lowest BCUT2D eigenvalue weighted by molar-refractivity contribution is -0.122. The number of rotatable bonds is 8. The number of anilines is 1. The van der Waals surface area contributed by atoms with Gasteiger partial charge in [-0.1, -0.05) is 46.5 Å². The number of fused-ring (bicyclic) bond motifs is 1. The van der Waals surface area contributed by atoms with E-state index in [4.69, 9.17) is 5.26 Å². The summed E-state index contributed by atoms with van der Waals surface area (Å²) in [5, 5.41) is 13.5. The fourth-order valence-corrected chi connectivity index (χ4v) is 5.98. The molecule has 2 heterocycles. The topological polar surface area (TPSA) is 78.1 Å². The van der Waals surface area contributed by atoms with Gasteiger partial charge in [0, 0.05) is 55.3 Å². The molecule has 1 saturated heterocycles. The first-order chi connectivity index (χ1) is 17.9. The zero-order chi connectivity index (χ0) is 26.8. The van der Waals surface area contributed by atoms with Gasteiger partial charge in [-0.2, -0.15) is 5.26 Å². The van der Waals surface area contributed by atoms with Crippen molar-refractivity contribution in [1.82, 2.24) is 9.47 Å². The average molecular weight is 507 g/mol. The standard InChI is InChI=1S/C23H32N4O.C8H14O/c1-4-7-18(8-5-2)21-16-26(3)22-11-10-19(13-20(21)22)25-23(28)27-12-6-9-17(14-24)15-27;1-2-8(9)7-5-3-4-6-7/h10-11,13,16-18H,4-9,12,15H2,1-3H3,(H,25,28);7H,2-6H2,1H3. The number of hydrogen-bond acceptors (Lipinski definition) is 3. The summed E-state index contributed by atoms with van der Waals surface area (Å²) in [7, 11) is 2.09. The molecule has 1 aliphatic heterocycles. The van der Waals surface area contributed by atoms with E-state index < -0.39 is 0 Å². The Kier molecular flexibility index (Phi) is 11.0. The van der Waals surface area contributed by atoms with Crippen LogP contribution in [-0.2, 0) is 11.8 Å². The Labute approximate surface area is 223 Å². The minimum Gasteiger partial charge on any atom is -0.350 e. The van der Waals surface area contributed by atoms with Crippen LogP contribution in [0.1, 0.15) is 103 Å². The van der Waals surface area contributed by atoms with E-state index in [0.29, 0.717) is 24.2 Å². The van der Waals surface area contributed by atoms with Crippen LogP contribution < -0.4 is 5.32 Å². The van der Waals surface area contributed by atoms with Gasteiger partial charge >= 0.3 is 6.03 Å². The number of benzene rings is 1. The van der Waals surface area contributed by atoms with Crippen LogP contribution in [-0.4, -0.2) is 34.4 Å². The lowest BCUT2D eigenvalue weighted by atomic mass is 9.90. The van der Waals surface area contributed by atoms with Crippen molar-refractivity contribution in [3.05, 3.63) is 30.0 Å². The van der Waals surface area contributed by atoms with Crippen LogP contribution in [0.3, 0.4) is 0 Å². The van der Waals surface area contributed by atoms with Crippen molar-refractivity contribution in [2.24, 2.45) is 18.9 Å². The number of nitrogens with one attached hydrogen (secondary N) is 1. The summed E-state index contributed by atoms with van der Waals surface area (Å²) in [6.45, 7) is 7.69. The molecular weight excluding hydrogens is 460 g/mol. The predicted molar refractivity (Wildman–Crippen MR) is 152 cm³/mol. The Morgan fingerprint density at radius 1 is 1.08 bits per heavy atom. The molecule has 2 amide bonds. The molecule has 37 heavy (non-hydrogen) atoms. The third kappa shape index (κ3) is 7.60. The summed E-state index contributed by atoms with van der Waals surface area (Å²) in [4.78, 5) is 25.5. The van der Waals surface area contributed by atoms with Crippen LogP contribution in [0, 0.1) is 23.2 Å². The smallest absolute Gasteiger partial charge is 0.321 e. The van der Waals surface area contributed by atoms with Crippen molar-refractivity contribution < 1.29 is 9.59 Å². The molecule has 1 unspecified atom stereocenters. The van der Waals surface area contributed by atoms with Crippen molar-refractivity contribution in [3.63, 3.8) is 0 Å². The lowest BCUT2D eigenvalue weighted by Crippen LogP contribution is -2.42. The van der Waals surface area contributed by atoms with Gasteiger partial charge in [0.05, 0.1) is 12.0 Å². The highest BCUT2D eigenvalue weighted by atomic mass is 16.2. The molecule has 2 aliphatic rings. The number of nitrogens with zero attached hydrogens (tertiary/aromatic N) is 3. The molecule has 0 radical (unpaired) electrons. The second-order valence-corrected chi connectivity index (χ2v) is 10.8. The van der Waals surface area contributed by atoms with E-state index in [1.54, 1.807) is 4.90 Å². The third-order valence-electron chi connectivity index (χ3n) is 8.04. The van der Waals surface area contributed by atoms with Gasteiger partial charge in [-0.3, -0.25) is 4.79 Å². The zero-order valence-electron chi connectivity index (χ0n) is 23.4. The van der Waals surface area contributed by atoms with Crippen LogP contribution in [0.2, 0.25) is 0 Å². The van der Waals surface area contributed by atoms with E-state index in [1.165, 1.54) is 55.0 Å². The number of carbonyl (C=O) groups is 2. The molecule has 1 aromatic heterocycles. The van der Waals surface area contributed by atoms with Crippen molar-refractivity contribution in [1.29, 1.82) is 5.26 Å². The third-order valence-corrected chi connectivity index (χ3v) is 8.04. The fraction of sp³-hybridized carbons (Fsp3) is 0.645. The zero-order valence-corrected chi connectivity index (χ0v) is 23.4. The maximum Gasteiger partial charge on any atom is 0.321 e. The Morgan fingerprint density at radius 2 is 1.78 bits per heavy atom. The highest BCUT2D eigenvalue weighted by molar-refractivity contribution is 5.94. The molecule has 202 valence electrons. The Balaban J connectivity index is 0.000000356. The van der Waals surface area contributed by atoms with Gasteiger partial charge in [0.2, 0.25) is 0 Å². The average Bonchev–Trinajstić information content (AvgIpc) is 3.57. The van der Waals surface area contributed by atoms with Crippen LogP contribution in [0.15, 0.2) is 24.4 Å². The van der Waals surface area contributed by atoms with Crippen LogP contribution in [0.5, 0.6) is 0 Å². The molecule has 2 aromatic rings. The summed E-state index contributed by atoms with van der Waals surface area (Å²) >= 11 is 0. The number of nitriles is 1. The van der Waals surface area contributed by atoms with Gasteiger partial charge in [-0.25, -0.2) is 4.79 Å². The summed E-state index contributed by atoms with van der Waals surface area (Å²) in [5.74, 6) is 1.43. The van der Waals surface area contributed by atoms with Crippen molar-refractivity contribution in [2.75, 3.05) is 18.4 Å². The maximum atomic E-state index is 12.7. The Morgan fingerprint density at radius 3 is 2.41 bits per heavy atom. The molecule has 0 bridgehead atoms. The van der Waals surface area contributed by atoms with Crippen molar-refractivity contribution >= 4 is 28.4 Å². The van der Waals surface area contributed by atoms with Gasteiger partial charge in [-0.15, -0.1) is 0 Å². The molecule has 1 atom stereocenters. The van der Waals surface area contributed by atoms with Gasteiger partial charge in [-0.05, 0) is 68.2 Å². The number of aryl methyl sites for hydroxylation is 1. The number of amides is 2. The van der Waals surface area contributed by atoms with Crippen LogP contribution in [0.25, 0.3) is 10.9 Å². The first-order valence-electron chi connectivity index (χ1n) is 14.5. The molecule has 1 saturated carbocycles. The highest BCUT2D eigenvalue weighted by Gasteiger charge is 2.24. The summed E-state index contributed by atoms with van der Waals surface area (Å²) in [6, 6.07) is 8.39. The minimum absolute atomic E-state index is 0.0495. The van der Waals surface area contributed by atoms with E-state index in [9.17, 15) is 9.59 Å². The second-order valence-electron chi connectivity index (χ2n) is 10.8. The van der Waals surface area contributed by atoms with Gasteiger partial charge in [0.1, 0.15) is 5.78 Å². The molecule has 0 spiro atoms. The molecule has 6 heteroatoms. The fourth-order valence-electron chi connectivity index (χ4n) is 5.98. The Hall–Kier alpha value is -2.81. The molecule has 4 rings (SSSR count). The molecule has 1 N–H and O–H groups in total. The summed E-state index contributed by atoms with van der Waals surface area (Å²) in [6.07, 6.45) is 14.4. The SMILES string of the molecule is CCC(=O)C1CCCC1.CCCC(CCC)c1cn(C)c2ccc(NC(=O)N3CCCC(C#N)C3)cc12. The molecule has 1 aliphatic carbocycles.